The first-order chi connectivity index (χ1) is 9.59. The molecule has 1 heterocycles. The van der Waals surface area contributed by atoms with Crippen LogP contribution in [0.4, 0.5) is 0 Å². The van der Waals surface area contributed by atoms with Gasteiger partial charge in [-0.15, -0.1) is 0 Å². The maximum Gasteiger partial charge on any atom is 0.326 e. The first-order valence-electron chi connectivity index (χ1n) is 7.71. The third-order valence-electron chi connectivity index (χ3n) is 4.35. The first kappa shape index (κ1) is 15.3. The summed E-state index contributed by atoms with van der Waals surface area (Å²) < 4.78 is 5.32. The Balaban J connectivity index is 1.75. The second-order valence-corrected chi connectivity index (χ2v) is 5.99. The molecule has 1 amide bonds. The van der Waals surface area contributed by atoms with E-state index in [4.69, 9.17) is 9.84 Å². The van der Waals surface area contributed by atoms with E-state index in [2.05, 4.69) is 0 Å². The Hall–Kier alpha value is -1.10. The van der Waals surface area contributed by atoms with E-state index >= 15 is 0 Å². The highest BCUT2D eigenvalue weighted by Crippen LogP contribution is 2.30. The topological polar surface area (TPSA) is 66.8 Å². The van der Waals surface area contributed by atoms with Crippen molar-refractivity contribution in [1.82, 2.24) is 4.90 Å². The van der Waals surface area contributed by atoms with Gasteiger partial charge in [0.1, 0.15) is 6.04 Å². The van der Waals surface area contributed by atoms with Crippen LogP contribution in [0.5, 0.6) is 0 Å². The number of rotatable bonds is 7. The van der Waals surface area contributed by atoms with Crippen molar-refractivity contribution in [2.75, 3.05) is 13.2 Å². The summed E-state index contributed by atoms with van der Waals surface area (Å²) in [5.74, 6) is -0.230. The molecular weight excluding hydrogens is 258 g/mol. The third-order valence-corrected chi connectivity index (χ3v) is 4.35. The van der Waals surface area contributed by atoms with Crippen LogP contribution < -0.4 is 0 Å². The molecule has 1 saturated carbocycles. The summed E-state index contributed by atoms with van der Waals surface area (Å²) in [4.78, 5) is 24.9. The van der Waals surface area contributed by atoms with Crippen LogP contribution in [-0.4, -0.2) is 47.2 Å². The summed E-state index contributed by atoms with van der Waals surface area (Å²) in [6.07, 6.45) is 6.46. The van der Waals surface area contributed by atoms with Gasteiger partial charge in [-0.05, 0) is 51.4 Å². The zero-order valence-electron chi connectivity index (χ0n) is 12.2. The van der Waals surface area contributed by atoms with Gasteiger partial charge in [-0.1, -0.05) is 0 Å². The molecule has 20 heavy (non-hydrogen) atoms. The number of carbonyl (C=O) groups is 2. The number of hydrogen-bond acceptors (Lipinski definition) is 3. The molecule has 1 aliphatic heterocycles. The highest BCUT2D eigenvalue weighted by Gasteiger charge is 2.37. The second kappa shape index (κ2) is 7.07. The van der Waals surface area contributed by atoms with Crippen molar-refractivity contribution in [2.24, 2.45) is 5.92 Å². The maximum absolute atomic E-state index is 12.3. The van der Waals surface area contributed by atoms with Crippen molar-refractivity contribution in [1.29, 1.82) is 0 Å². The van der Waals surface area contributed by atoms with Crippen molar-refractivity contribution in [3.05, 3.63) is 0 Å². The van der Waals surface area contributed by atoms with Gasteiger partial charge in [0.05, 0.1) is 0 Å². The zero-order valence-corrected chi connectivity index (χ0v) is 12.2. The molecule has 2 aliphatic rings. The van der Waals surface area contributed by atoms with E-state index in [9.17, 15) is 9.59 Å². The number of amides is 1. The van der Waals surface area contributed by atoms with Crippen molar-refractivity contribution in [3.8, 4) is 0 Å². The van der Waals surface area contributed by atoms with Crippen LogP contribution >= 0.6 is 0 Å². The Kier molecular flexibility index (Phi) is 5.40. The van der Waals surface area contributed by atoms with Crippen LogP contribution in [-0.2, 0) is 14.3 Å². The molecule has 1 saturated heterocycles. The third kappa shape index (κ3) is 4.20. The van der Waals surface area contributed by atoms with Crippen molar-refractivity contribution in [2.45, 2.75) is 64.0 Å². The van der Waals surface area contributed by atoms with Gasteiger partial charge in [-0.3, -0.25) is 4.79 Å². The summed E-state index contributed by atoms with van der Waals surface area (Å²) in [7, 11) is 0. The average Bonchev–Trinajstić information content (AvgIpc) is 3.24. The molecule has 0 aromatic heterocycles. The Morgan fingerprint density at radius 3 is 2.45 bits per heavy atom. The average molecular weight is 283 g/mol. The van der Waals surface area contributed by atoms with Gasteiger partial charge in [0.2, 0.25) is 5.91 Å². The van der Waals surface area contributed by atoms with Crippen LogP contribution in [0.3, 0.4) is 0 Å². The van der Waals surface area contributed by atoms with E-state index in [0.717, 1.165) is 51.7 Å². The van der Waals surface area contributed by atoms with E-state index in [-0.39, 0.29) is 11.9 Å². The fraction of sp³-hybridized carbons (Fsp3) is 0.867. The van der Waals surface area contributed by atoms with Gasteiger partial charge in [0.25, 0.3) is 0 Å². The Bertz CT molecular complexity index is 348. The normalized spacial score (nSPS) is 21.4. The van der Waals surface area contributed by atoms with E-state index in [1.54, 1.807) is 11.8 Å². The number of aliphatic carboxylic acids is 1. The first-order valence-corrected chi connectivity index (χ1v) is 7.71. The molecule has 114 valence electrons. The van der Waals surface area contributed by atoms with Crippen LogP contribution in [0.1, 0.15) is 51.9 Å². The maximum atomic E-state index is 12.3. The Morgan fingerprint density at radius 1 is 1.25 bits per heavy atom. The molecule has 0 aromatic carbocycles. The molecule has 1 unspecified atom stereocenters. The lowest BCUT2D eigenvalue weighted by molar-refractivity contribution is -0.150. The molecule has 5 nitrogen and oxygen atoms in total. The highest BCUT2D eigenvalue weighted by molar-refractivity contribution is 5.83. The highest BCUT2D eigenvalue weighted by atomic mass is 16.5. The van der Waals surface area contributed by atoms with Crippen LogP contribution in [0.25, 0.3) is 0 Å². The summed E-state index contributed by atoms with van der Waals surface area (Å²) in [6, 6.07) is -0.533. The number of carboxylic acids is 1. The molecule has 1 atom stereocenters. The monoisotopic (exact) mass is 283 g/mol. The predicted octanol–water partition coefficient (Wildman–Crippen LogP) is 2.05. The van der Waals surface area contributed by atoms with E-state index in [1.165, 1.54) is 0 Å². The van der Waals surface area contributed by atoms with Crippen LogP contribution in [0.15, 0.2) is 0 Å². The molecule has 0 spiro atoms. The fourth-order valence-corrected chi connectivity index (χ4v) is 2.91. The smallest absolute Gasteiger partial charge is 0.326 e. The van der Waals surface area contributed by atoms with E-state index in [0.29, 0.717) is 12.3 Å². The number of nitrogens with zero attached hydrogens (tertiary/aromatic N) is 1. The lowest BCUT2D eigenvalue weighted by Crippen LogP contribution is -2.44. The largest absolute Gasteiger partial charge is 0.480 e. The summed E-state index contributed by atoms with van der Waals surface area (Å²) in [5.41, 5.74) is 0. The van der Waals surface area contributed by atoms with Crippen molar-refractivity contribution >= 4 is 11.9 Å². The Labute approximate surface area is 120 Å². The zero-order chi connectivity index (χ0) is 14.5. The number of carbonyl (C=O) groups excluding carboxylic acids is 1. The Morgan fingerprint density at radius 2 is 1.90 bits per heavy atom. The van der Waals surface area contributed by atoms with Gasteiger partial charge in [0.15, 0.2) is 0 Å². The van der Waals surface area contributed by atoms with Crippen molar-refractivity contribution in [3.63, 3.8) is 0 Å². The van der Waals surface area contributed by atoms with Gasteiger partial charge in [0, 0.05) is 25.7 Å². The summed E-state index contributed by atoms with van der Waals surface area (Å²) in [5, 5.41) is 9.10. The molecule has 1 aliphatic carbocycles. The molecular formula is C15H25NO4. The lowest BCUT2D eigenvalue weighted by atomic mass is 9.94. The van der Waals surface area contributed by atoms with Gasteiger partial charge in [-0.2, -0.15) is 0 Å². The SMILES string of the molecule is CC(C(=O)O)N(C(=O)CCCC1CCOCC1)C1CC1. The predicted molar refractivity (Wildman–Crippen MR) is 74.4 cm³/mol. The van der Waals surface area contributed by atoms with Gasteiger partial charge >= 0.3 is 5.97 Å². The van der Waals surface area contributed by atoms with Crippen LogP contribution in [0.2, 0.25) is 0 Å². The number of carboxylic acid groups (broad SMARTS) is 1. The molecule has 2 fully saturated rings. The van der Waals surface area contributed by atoms with Crippen LogP contribution in [0, 0.1) is 5.92 Å². The minimum Gasteiger partial charge on any atom is -0.480 e. The standard InChI is InChI=1S/C15H25NO4/c1-11(15(18)19)16(13-5-6-13)14(17)4-2-3-12-7-9-20-10-8-12/h11-13H,2-10H2,1H3,(H,18,19). The second-order valence-electron chi connectivity index (χ2n) is 5.99. The fourth-order valence-electron chi connectivity index (χ4n) is 2.91. The quantitative estimate of drug-likeness (QED) is 0.776. The van der Waals surface area contributed by atoms with E-state index < -0.39 is 12.0 Å². The minimum absolute atomic E-state index is 0.00876. The molecule has 1 N–H and O–H groups in total. The summed E-state index contributed by atoms with van der Waals surface area (Å²) in [6.45, 7) is 3.28. The van der Waals surface area contributed by atoms with E-state index in [1.807, 2.05) is 0 Å². The van der Waals surface area contributed by atoms with Gasteiger partial charge in [-0.25, -0.2) is 4.79 Å². The molecule has 2 rings (SSSR count). The molecule has 5 heteroatoms. The number of ether oxygens (including phenoxy) is 1. The molecule has 0 aromatic rings. The minimum atomic E-state index is -0.908. The molecule has 0 bridgehead atoms. The van der Waals surface area contributed by atoms with Gasteiger partial charge < -0.3 is 14.7 Å². The summed E-state index contributed by atoms with van der Waals surface area (Å²) >= 11 is 0. The lowest BCUT2D eigenvalue weighted by Gasteiger charge is -2.27. The molecule has 0 radical (unpaired) electrons. The van der Waals surface area contributed by atoms with Crippen molar-refractivity contribution < 1.29 is 19.4 Å². The number of hydrogen-bond donors (Lipinski definition) is 1.